The number of anilines is 3. The van der Waals surface area contributed by atoms with Crippen LogP contribution >= 0.6 is 11.6 Å². The van der Waals surface area contributed by atoms with Crippen molar-refractivity contribution in [1.29, 1.82) is 0 Å². The number of aryl methyl sites for hydroxylation is 2. The molecule has 39 heavy (non-hydrogen) atoms. The van der Waals surface area contributed by atoms with Gasteiger partial charge in [-0.2, -0.15) is 4.98 Å². The summed E-state index contributed by atoms with van der Waals surface area (Å²) in [6.45, 7) is 8.77. The third kappa shape index (κ3) is 5.01. The Morgan fingerprint density at radius 1 is 1.00 bits per heavy atom. The van der Waals surface area contributed by atoms with Gasteiger partial charge < -0.3 is 20.1 Å². The maximum absolute atomic E-state index is 13.0. The Kier molecular flexibility index (Phi) is 6.81. The Labute approximate surface area is 234 Å². The molecule has 0 saturated carbocycles. The number of benzene rings is 2. The van der Waals surface area contributed by atoms with Crippen molar-refractivity contribution in [3.8, 4) is 11.1 Å². The highest BCUT2D eigenvalue weighted by Gasteiger charge is 2.37. The van der Waals surface area contributed by atoms with Gasteiger partial charge in [-0.3, -0.25) is 4.79 Å². The van der Waals surface area contributed by atoms with E-state index < -0.39 is 0 Å². The summed E-state index contributed by atoms with van der Waals surface area (Å²) in [5.41, 5.74) is 6.32. The fourth-order valence-electron chi connectivity index (χ4n) is 6.31. The first-order valence-corrected chi connectivity index (χ1v) is 14.2. The Hall–Kier alpha value is -3.42. The number of hydrogen-bond acceptors (Lipinski definition) is 6. The van der Waals surface area contributed by atoms with Crippen LogP contribution in [0.25, 0.3) is 22.2 Å². The lowest BCUT2D eigenvalue weighted by atomic mass is 9.71. The highest BCUT2D eigenvalue weighted by atomic mass is 35.5. The molecule has 2 fully saturated rings. The Morgan fingerprint density at radius 2 is 1.72 bits per heavy atom. The lowest BCUT2D eigenvalue weighted by Crippen LogP contribution is -2.46. The summed E-state index contributed by atoms with van der Waals surface area (Å²) in [5, 5.41) is 4.65. The number of nitrogens with zero attached hydrogens (tertiary/aromatic N) is 4. The van der Waals surface area contributed by atoms with Gasteiger partial charge >= 0.3 is 0 Å². The summed E-state index contributed by atoms with van der Waals surface area (Å²) >= 11 is 6.38. The van der Waals surface area contributed by atoms with Gasteiger partial charge in [0.1, 0.15) is 5.65 Å². The number of fused-ring (bicyclic) bond motifs is 1. The molecule has 4 heterocycles. The molecule has 1 spiro atoms. The molecular formula is C31H35ClN6O. The summed E-state index contributed by atoms with van der Waals surface area (Å²) in [4.78, 5) is 30.1. The van der Waals surface area contributed by atoms with Crippen LogP contribution in [0.1, 0.15) is 36.8 Å². The van der Waals surface area contributed by atoms with Crippen molar-refractivity contribution in [2.45, 2.75) is 39.5 Å². The van der Waals surface area contributed by atoms with Crippen LogP contribution in [0.5, 0.6) is 0 Å². The van der Waals surface area contributed by atoms with Crippen LogP contribution in [0.2, 0.25) is 5.02 Å². The molecule has 2 aliphatic rings. The molecule has 8 heteroatoms. The SMILES string of the molecule is Cc1cc(Nc2ncc3c(C)c(-c4ccccc4Cl)c(=O)[nH]c3n2)ccc1N1CCC2(CCN(C)CC2)CC1. The number of pyridine rings is 1. The van der Waals surface area contributed by atoms with Gasteiger partial charge in [0.05, 0.1) is 5.56 Å². The molecule has 0 atom stereocenters. The van der Waals surface area contributed by atoms with Crippen molar-refractivity contribution in [1.82, 2.24) is 19.9 Å². The molecular weight excluding hydrogens is 508 g/mol. The zero-order valence-corrected chi connectivity index (χ0v) is 23.6. The standard InChI is InChI=1S/C31H35ClN6O/c1-20-18-22(8-9-26(20)38-16-12-31(13-17-38)10-14-37(3)15-11-31)34-30-33-19-24-21(2)27(29(39)35-28(24)36-30)23-6-4-5-7-25(23)32/h4-9,18-19H,10-17H2,1-3H3,(H2,33,34,35,36,39). The molecule has 4 aromatic rings. The largest absolute Gasteiger partial charge is 0.371 e. The fraction of sp³-hybridized carbons (Fsp3) is 0.387. The number of halogens is 1. The molecule has 6 rings (SSSR count). The lowest BCUT2D eigenvalue weighted by Gasteiger charge is -2.47. The van der Waals surface area contributed by atoms with E-state index in [2.05, 4.69) is 62.2 Å². The molecule has 0 amide bonds. The monoisotopic (exact) mass is 542 g/mol. The smallest absolute Gasteiger partial charge is 0.257 e. The van der Waals surface area contributed by atoms with Gasteiger partial charge in [0, 0.05) is 46.6 Å². The molecule has 0 bridgehead atoms. The van der Waals surface area contributed by atoms with Gasteiger partial charge in [0.25, 0.3) is 5.56 Å². The highest BCUT2D eigenvalue weighted by molar-refractivity contribution is 6.33. The number of piperidine rings is 2. The summed E-state index contributed by atoms with van der Waals surface area (Å²) < 4.78 is 0. The topological polar surface area (TPSA) is 77.1 Å². The van der Waals surface area contributed by atoms with Crippen LogP contribution in [0, 0.1) is 19.3 Å². The molecule has 0 unspecified atom stereocenters. The van der Waals surface area contributed by atoms with Gasteiger partial charge in [-0.05, 0) is 100 Å². The number of H-pyrrole nitrogens is 1. The van der Waals surface area contributed by atoms with E-state index in [1.807, 2.05) is 25.1 Å². The van der Waals surface area contributed by atoms with E-state index in [1.54, 1.807) is 12.3 Å². The second-order valence-corrected chi connectivity index (χ2v) is 11.7. The van der Waals surface area contributed by atoms with Crippen molar-refractivity contribution in [2.24, 2.45) is 5.41 Å². The van der Waals surface area contributed by atoms with Gasteiger partial charge in [-0.1, -0.05) is 29.8 Å². The minimum atomic E-state index is -0.221. The Morgan fingerprint density at radius 3 is 2.44 bits per heavy atom. The van der Waals surface area contributed by atoms with Gasteiger partial charge in [0.2, 0.25) is 5.95 Å². The average molecular weight is 543 g/mol. The predicted octanol–water partition coefficient (Wildman–Crippen LogP) is 6.31. The third-order valence-electron chi connectivity index (χ3n) is 8.84. The second-order valence-electron chi connectivity index (χ2n) is 11.3. The van der Waals surface area contributed by atoms with E-state index in [0.717, 1.165) is 29.7 Å². The van der Waals surface area contributed by atoms with E-state index in [1.165, 1.54) is 50.0 Å². The number of aromatic amines is 1. The van der Waals surface area contributed by atoms with E-state index in [0.29, 0.717) is 33.2 Å². The zero-order valence-electron chi connectivity index (χ0n) is 22.9. The molecule has 2 aromatic carbocycles. The van der Waals surface area contributed by atoms with Crippen LogP contribution in [0.3, 0.4) is 0 Å². The van der Waals surface area contributed by atoms with Crippen LogP contribution in [0.4, 0.5) is 17.3 Å². The van der Waals surface area contributed by atoms with E-state index >= 15 is 0 Å². The number of hydrogen-bond donors (Lipinski definition) is 2. The summed E-state index contributed by atoms with van der Waals surface area (Å²) in [6.07, 6.45) is 6.97. The maximum Gasteiger partial charge on any atom is 0.257 e. The first-order chi connectivity index (χ1) is 18.8. The van der Waals surface area contributed by atoms with E-state index in [-0.39, 0.29) is 5.56 Å². The van der Waals surface area contributed by atoms with Crippen molar-refractivity contribution in [3.05, 3.63) is 75.2 Å². The molecule has 0 aliphatic carbocycles. The second kappa shape index (κ2) is 10.3. The van der Waals surface area contributed by atoms with Crippen LogP contribution in [-0.4, -0.2) is 53.1 Å². The van der Waals surface area contributed by atoms with Crippen LogP contribution in [0.15, 0.2) is 53.5 Å². The molecule has 2 N–H and O–H groups in total. The molecule has 2 saturated heterocycles. The maximum atomic E-state index is 13.0. The normalized spacial score (nSPS) is 17.6. The molecule has 202 valence electrons. The number of rotatable bonds is 4. The molecule has 0 radical (unpaired) electrons. The summed E-state index contributed by atoms with van der Waals surface area (Å²) in [5.74, 6) is 0.442. The Bertz CT molecular complexity index is 1580. The van der Waals surface area contributed by atoms with Crippen molar-refractivity contribution >= 4 is 40.0 Å². The van der Waals surface area contributed by atoms with Gasteiger partial charge in [-0.25, -0.2) is 4.98 Å². The van der Waals surface area contributed by atoms with Crippen molar-refractivity contribution in [3.63, 3.8) is 0 Å². The Balaban J connectivity index is 1.19. The van der Waals surface area contributed by atoms with E-state index in [9.17, 15) is 4.79 Å². The highest BCUT2D eigenvalue weighted by Crippen LogP contribution is 2.42. The average Bonchev–Trinajstić information content (AvgIpc) is 2.92. The molecule has 7 nitrogen and oxygen atoms in total. The summed E-state index contributed by atoms with van der Waals surface area (Å²) in [6, 6.07) is 13.8. The van der Waals surface area contributed by atoms with Crippen molar-refractivity contribution < 1.29 is 0 Å². The molecule has 2 aromatic heterocycles. The van der Waals surface area contributed by atoms with Crippen LogP contribution in [-0.2, 0) is 0 Å². The third-order valence-corrected chi connectivity index (χ3v) is 9.16. The number of nitrogens with one attached hydrogen (secondary N) is 2. The first-order valence-electron chi connectivity index (χ1n) is 13.8. The minimum absolute atomic E-state index is 0.221. The van der Waals surface area contributed by atoms with Crippen molar-refractivity contribution in [2.75, 3.05) is 43.4 Å². The van der Waals surface area contributed by atoms with Gasteiger partial charge in [0.15, 0.2) is 0 Å². The van der Waals surface area contributed by atoms with E-state index in [4.69, 9.17) is 11.6 Å². The predicted molar refractivity (Wildman–Crippen MR) is 160 cm³/mol. The first kappa shape index (κ1) is 25.8. The minimum Gasteiger partial charge on any atom is -0.371 e. The quantitative estimate of drug-likeness (QED) is 0.314. The van der Waals surface area contributed by atoms with Gasteiger partial charge in [-0.15, -0.1) is 0 Å². The zero-order chi connectivity index (χ0) is 27.1. The van der Waals surface area contributed by atoms with Crippen LogP contribution < -0.4 is 15.8 Å². The molecule has 2 aliphatic heterocycles. The summed E-state index contributed by atoms with van der Waals surface area (Å²) in [7, 11) is 2.24. The lowest BCUT2D eigenvalue weighted by molar-refractivity contribution is 0.0944. The number of aromatic nitrogens is 3. The number of likely N-dealkylation sites (tertiary alicyclic amines) is 1. The fourth-order valence-corrected chi connectivity index (χ4v) is 6.54.